The maximum atomic E-state index is 5.65. The second-order valence-corrected chi connectivity index (χ2v) is 7.24. The molecule has 134 valence electrons. The van der Waals surface area contributed by atoms with Gasteiger partial charge in [-0.3, -0.25) is 9.98 Å². The highest BCUT2D eigenvalue weighted by Crippen LogP contribution is 2.41. The smallest absolute Gasteiger partial charge is 0.135 e. The van der Waals surface area contributed by atoms with Crippen LogP contribution in [0.25, 0.3) is 10.9 Å². The van der Waals surface area contributed by atoms with Crippen LogP contribution in [0.2, 0.25) is 0 Å². The molecule has 5 heterocycles. The Balaban J connectivity index is 1.78. The normalized spacial score (nSPS) is 22.2. The number of ether oxygens (including phenoxy) is 1. The maximum Gasteiger partial charge on any atom is 0.135 e. The molecule has 3 aliphatic heterocycles. The number of allylic oxidation sites excluding steroid dienone is 1. The third-order valence-electron chi connectivity index (χ3n) is 5.56. The van der Waals surface area contributed by atoms with Gasteiger partial charge in [-0.05, 0) is 25.5 Å². The second-order valence-electron chi connectivity index (χ2n) is 7.24. The summed E-state index contributed by atoms with van der Waals surface area (Å²) in [6.07, 6.45) is 7.04. The van der Waals surface area contributed by atoms with Gasteiger partial charge in [-0.2, -0.15) is 0 Å². The van der Waals surface area contributed by atoms with Gasteiger partial charge < -0.3 is 14.5 Å². The number of morpholine rings is 1. The number of fused-ring (bicyclic) bond motifs is 3. The van der Waals surface area contributed by atoms with Crippen LogP contribution in [0, 0.1) is 0 Å². The monoisotopic (exact) mass is 349 g/mol. The van der Waals surface area contributed by atoms with E-state index in [9.17, 15) is 0 Å². The summed E-state index contributed by atoms with van der Waals surface area (Å²) in [4.78, 5) is 19.1. The fourth-order valence-electron chi connectivity index (χ4n) is 4.25. The first-order chi connectivity index (χ1) is 12.7. The van der Waals surface area contributed by atoms with Crippen LogP contribution >= 0.6 is 0 Å². The molecule has 5 rings (SSSR count). The highest BCUT2D eigenvalue weighted by Gasteiger charge is 2.30. The fraction of sp³-hybridized carbons (Fsp3) is 0.450. The van der Waals surface area contributed by atoms with Gasteiger partial charge in [0.05, 0.1) is 37.2 Å². The van der Waals surface area contributed by atoms with Crippen molar-refractivity contribution >= 4 is 28.1 Å². The Bertz CT molecular complexity index is 935. The van der Waals surface area contributed by atoms with Gasteiger partial charge in [0, 0.05) is 37.3 Å². The molecule has 3 aliphatic rings. The number of hydrogen-bond donors (Lipinski definition) is 0. The van der Waals surface area contributed by atoms with E-state index in [1.165, 1.54) is 16.6 Å². The topological polar surface area (TPSA) is 53.9 Å². The number of rotatable bonds is 2. The van der Waals surface area contributed by atoms with Crippen LogP contribution in [0.15, 0.2) is 29.4 Å². The zero-order valence-corrected chi connectivity index (χ0v) is 15.3. The zero-order chi connectivity index (χ0) is 17.7. The minimum Gasteiger partial charge on any atom is -0.377 e. The Morgan fingerprint density at radius 3 is 3.00 bits per heavy atom. The average molecular weight is 349 g/mol. The molecule has 1 fully saturated rings. The number of pyridine rings is 2. The summed E-state index contributed by atoms with van der Waals surface area (Å²) in [6, 6.07) is 2.42. The van der Waals surface area contributed by atoms with Crippen LogP contribution in [0.4, 0.5) is 11.5 Å². The SMILES string of the molecule is C[C@@H]1COCCN1c1nc2c(C3=NCC=C3)nccc2c2c1CCN2C. The van der Waals surface area contributed by atoms with E-state index >= 15 is 0 Å². The second kappa shape index (κ2) is 6.06. The molecule has 1 saturated heterocycles. The van der Waals surface area contributed by atoms with Crippen LogP contribution in [-0.2, 0) is 11.2 Å². The lowest BCUT2D eigenvalue weighted by atomic mass is 10.1. The Kier molecular flexibility index (Phi) is 3.67. The zero-order valence-electron chi connectivity index (χ0n) is 15.3. The summed E-state index contributed by atoms with van der Waals surface area (Å²) in [5.74, 6) is 1.10. The molecular weight excluding hydrogens is 326 g/mol. The molecule has 26 heavy (non-hydrogen) atoms. The van der Waals surface area contributed by atoms with E-state index in [0.29, 0.717) is 6.04 Å². The van der Waals surface area contributed by atoms with E-state index in [4.69, 9.17) is 9.72 Å². The van der Waals surface area contributed by atoms with Gasteiger partial charge in [0.1, 0.15) is 17.0 Å². The third-order valence-corrected chi connectivity index (χ3v) is 5.56. The van der Waals surface area contributed by atoms with Crippen molar-refractivity contribution in [3.05, 3.63) is 35.7 Å². The maximum absolute atomic E-state index is 5.65. The lowest BCUT2D eigenvalue weighted by Crippen LogP contribution is -2.44. The van der Waals surface area contributed by atoms with Gasteiger partial charge in [-0.25, -0.2) is 4.98 Å². The number of nitrogens with zero attached hydrogens (tertiary/aromatic N) is 5. The molecule has 0 radical (unpaired) electrons. The van der Waals surface area contributed by atoms with Crippen LogP contribution in [0.3, 0.4) is 0 Å². The minimum absolute atomic E-state index is 0.326. The van der Waals surface area contributed by atoms with Gasteiger partial charge in [0.2, 0.25) is 0 Å². The van der Waals surface area contributed by atoms with Gasteiger partial charge in [0.25, 0.3) is 0 Å². The number of anilines is 2. The summed E-state index contributed by atoms with van der Waals surface area (Å²) in [7, 11) is 2.17. The van der Waals surface area contributed by atoms with Crippen molar-refractivity contribution in [1.82, 2.24) is 9.97 Å². The van der Waals surface area contributed by atoms with Crippen molar-refractivity contribution < 1.29 is 4.74 Å². The first-order valence-corrected chi connectivity index (χ1v) is 9.32. The standard InChI is InChI=1S/C20H23N5O/c1-13-12-26-11-10-25(13)20-15-6-9-24(2)19(15)14-5-8-22-18(17(14)23-20)16-4-3-7-21-16/h3-5,8,13H,6-7,9-12H2,1-2H3/t13-/m1/s1. The Labute approximate surface area is 153 Å². The van der Waals surface area contributed by atoms with Crippen LogP contribution in [0.1, 0.15) is 18.2 Å². The predicted octanol–water partition coefficient (Wildman–Crippen LogP) is 2.21. The largest absolute Gasteiger partial charge is 0.377 e. The molecule has 0 saturated carbocycles. The third kappa shape index (κ3) is 2.32. The van der Waals surface area contributed by atoms with Gasteiger partial charge in [-0.15, -0.1) is 0 Å². The highest BCUT2D eigenvalue weighted by molar-refractivity contribution is 6.16. The van der Waals surface area contributed by atoms with E-state index < -0.39 is 0 Å². The quantitative estimate of drug-likeness (QED) is 0.832. The lowest BCUT2D eigenvalue weighted by Gasteiger charge is -2.35. The van der Waals surface area contributed by atoms with E-state index in [2.05, 4.69) is 52.0 Å². The van der Waals surface area contributed by atoms with Gasteiger partial charge in [-0.1, -0.05) is 6.08 Å². The van der Waals surface area contributed by atoms with Crippen LogP contribution in [-0.4, -0.2) is 61.6 Å². The number of aromatic nitrogens is 2. The number of aliphatic imine (C=N–C) groups is 1. The average Bonchev–Trinajstić information content (AvgIpc) is 3.32. The molecule has 0 spiro atoms. The van der Waals surface area contributed by atoms with Gasteiger partial charge >= 0.3 is 0 Å². The van der Waals surface area contributed by atoms with Crippen molar-refractivity contribution in [3.8, 4) is 0 Å². The predicted molar refractivity (Wildman–Crippen MR) is 105 cm³/mol. The molecule has 0 aromatic carbocycles. The first kappa shape index (κ1) is 15.8. The van der Waals surface area contributed by atoms with E-state index in [-0.39, 0.29) is 0 Å². The fourth-order valence-corrected chi connectivity index (χ4v) is 4.25. The Hall–Kier alpha value is -2.47. The molecule has 2 aromatic heterocycles. The summed E-state index contributed by atoms with van der Waals surface area (Å²) < 4.78 is 5.65. The summed E-state index contributed by atoms with van der Waals surface area (Å²) in [5, 5.41) is 1.18. The van der Waals surface area contributed by atoms with Crippen LogP contribution in [0.5, 0.6) is 0 Å². The van der Waals surface area contributed by atoms with E-state index in [1.807, 2.05) is 6.20 Å². The summed E-state index contributed by atoms with van der Waals surface area (Å²) in [5.41, 5.74) is 5.44. The van der Waals surface area contributed by atoms with Crippen molar-refractivity contribution in [2.45, 2.75) is 19.4 Å². The van der Waals surface area contributed by atoms with Crippen molar-refractivity contribution in [1.29, 1.82) is 0 Å². The molecule has 0 unspecified atom stereocenters. The van der Waals surface area contributed by atoms with E-state index in [1.54, 1.807) is 0 Å². The number of likely N-dealkylation sites (N-methyl/N-ethyl adjacent to an activating group) is 1. The van der Waals surface area contributed by atoms with E-state index in [0.717, 1.165) is 62.0 Å². The Morgan fingerprint density at radius 2 is 2.19 bits per heavy atom. The van der Waals surface area contributed by atoms with Crippen molar-refractivity contribution in [2.24, 2.45) is 4.99 Å². The Morgan fingerprint density at radius 1 is 1.27 bits per heavy atom. The first-order valence-electron chi connectivity index (χ1n) is 9.32. The van der Waals surface area contributed by atoms with Gasteiger partial charge in [0.15, 0.2) is 0 Å². The highest BCUT2D eigenvalue weighted by atomic mass is 16.5. The number of hydrogen-bond acceptors (Lipinski definition) is 6. The summed E-state index contributed by atoms with van der Waals surface area (Å²) >= 11 is 0. The molecule has 0 N–H and O–H groups in total. The summed E-state index contributed by atoms with van der Waals surface area (Å²) in [6.45, 7) is 6.35. The molecule has 6 nitrogen and oxygen atoms in total. The minimum atomic E-state index is 0.326. The van der Waals surface area contributed by atoms with Crippen molar-refractivity contribution in [2.75, 3.05) is 49.7 Å². The molecule has 0 amide bonds. The van der Waals surface area contributed by atoms with Crippen molar-refractivity contribution in [3.63, 3.8) is 0 Å². The van der Waals surface area contributed by atoms with Crippen LogP contribution < -0.4 is 9.80 Å². The molecular formula is C20H23N5O. The lowest BCUT2D eigenvalue weighted by molar-refractivity contribution is 0.0985. The molecule has 6 heteroatoms. The molecule has 0 aliphatic carbocycles. The molecule has 0 bridgehead atoms. The molecule has 1 atom stereocenters. The molecule has 2 aromatic rings.